The van der Waals surface area contributed by atoms with Crippen molar-refractivity contribution in [3.8, 4) is 16.6 Å². The topological polar surface area (TPSA) is 92.2 Å². The number of likely N-dealkylation sites (N-methyl/N-ethyl adjacent to an activating group) is 1. The van der Waals surface area contributed by atoms with Crippen molar-refractivity contribution in [2.24, 2.45) is 5.41 Å². The molecule has 0 bridgehead atoms. The van der Waals surface area contributed by atoms with Crippen LogP contribution in [-0.2, 0) is 6.54 Å². The molecule has 1 spiro atoms. The number of ether oxygens (including phenoxy) is 1. The number of nitrogens with zero attached hydrogens (tertiary/aromatic N) is 7. The third kappa shape index (κ3) is 5.66. The van der Waals surface area contributed by atoms with E-state index in [-0.39, 0.29) is 6.10 Å². The number of hydrogen-bond donors (Lipinski definition) is 1. The summed E-state index contributed by atoms with van der Waals surface area (Å²) in [7, 11) is 0. The smallest absolute Gasteiger partial charge is 0.317 e. The Kier molecular flexibility index (Phi) is 6.81. The minimum absolute atomic E-state index is 0.229. The Bertz CT molecular complexity index is 1150. The Morgan fingerprint density at radius 1 is 0.972 bits per heavy atom. The van der Waals surface area contributed by atoms with Crippen LogP contribution in [0.4, 0.5) is 10.9 Å². The summed E-state index contributed by atoms with van der Waals surface area (Å²) in [4.78, 5) is 28.6. The molecule has 3 aliphatic rings. The lowest BCUT2D eigenvalue weighted by Gasteiger charge is -2.33. The van der Waals surface area contributed by atoms with Crippen LogP contribution in [0.15, 0.2) is 30.9 Å². The van der Waals surface area contributed by atoms with E-state index in [9.17, 15) is 0 Å². The maximum absolute atomic E-state index is 6.14. The first-order chi connectivity index (χ1) is 17.7. The molecule has 10 heteroatoms. The van der Waals surface area contributed by atoms with Gasteiger partial charge in [0.1, 0.15) is 6.10 Å². The molecule has 0 aromatic carbocycles. The molecule has 1 saturated heterocycles. The zero-order valence-electron chi connectivity index (χ0n) is 20.9. The highest BCUT2D eigenvalue weighted by Crippen LogP contribution is 2.56. The molecule has 6 rings (SSSR count). The minimum atomic E-state index is 0.229. The van der Waals surface area contributed by atoms with Gasteiger partial charge in [-0.25, -0.2) is 15.0 Å². The van der Waals surface area contributed by atoms with Crippen molar-refractivity contribution in [2.45, 2.75) is 58.1 Å². The third-order valence-corrected chi connectivity index (χ3v) is 8.79. The average molecular weight is 507 g/mol. The quantitative estimate of drug-likeness (QED) is 0.478. The van der Waals surface area contributed by atoms with Crippen LogP contribution in [0.5, 0.6) is 6.01 Å². The molecule has 190 valence electrons. The summed E-state index contributed by atoms with van der Waals surface area (Å²) in [6, 6.07) is 2.36. The number of rotatable bonds is 8. The summed E-state index contributed by atoms with van der Waals surface area (Å²) in [6.07, 6.45) is 15.0. The minimum Gasteiger partial charge on any atom is -0.460 e. The van der Waals surface area contributed by atoms with Gasteiger partial charge in [-0.2, -0.15) is 4.98 Å². The molecule has 4 heterocycles. The molecule has 9 nitrogen and oxygen atoms in total. The molecule has 3 aromatic heterocycles. The van der Waals surface area contributed by atoms with Crippen molar-refractivity contribution in [2.75, 3.05) is 38.0 Å². The van der Waals surface area contributed by atoms with E-state index in [1.54, 1.807) is 12.4 Å². The zero-order valence-corrected chi connectivity index (χ0v) is 21.7. The van der Waals surface area contributed by atoms with E-state index in [0.29, 0.717) is 17.2 Å². The lowest BCUT2D eigenvalue weighted by molar-refractivity contribution is 0.114. The molecule has 0 amide bonds. The highest BCUT2D eigenvalue weighted by molar-refractivity contribution is 7.18. The van der Waals surface area contributed by atoms with E-state index in [4.69, 9.17) is 4.74 Å². The van der Waals surface area contributed by atoms with Gasteiger partial charge in [-0.05, 0) is 56.6 Å². The molecule has 2 saturated carbocycles. The van der Waals surface area contributed by atoms with Crippen molar-refractivity contribution < 1.29 is 4.74 Å². The zero-order chi connectivity index (χ0) is 24.4. The average Bonchev–Trinajstić information content (AvgIpc) is 3.51. The Morgan fingerprint density at radius 2 is 1.78 bits per heavy atom. The van der Waals surface area contributed by atoms with Crippen LogP contribution in [0.3, 0.4) is 0 Å². The van der Waals surface area contributed by atoms with Crippen LogP contribution >= 0.6 is 11.3 Å². The molecule has 0 atom stereocenters. The van der Waals surface area contributed by atoms with E-state index < -0.39 is 0 Å². The van der Waals surface area contributed by atoms with Gasteiger partial charge >= 0.3 is 6.01 Å². The molecule has 1 aliphatic heterocycles. The highest BCUT2D eigenvalue weighted by atomic mass is 32.1. The SMILES string of the molecule is CCN1CCN(Cc2cnc(Nc3ncc(-c4ccnc(OC5CCC6(CC5)CC6)n4)s3)cn2)CC1. The van der Waals surface area contributed by atoms with Gasteiger partial charge in [-0.15, -0.1) is 0 Å². The van der Waals surface area contributed by atoms with Gasteiger partial charge in [0, 0.05) is 45.1 Å². The van der Waals surface area contributed by atoms with Crippen LogP contribution in [-0.4, -0.2) is 73.5 Å². The maximum Gasteiger partial charge on any atom is 0.317 e. The molecule has 3 fully saturated rings. The van der Waals surface area contributed by atoms with Crippen molar-refractivity contribution in [1.29, 1.82) is 0 Å². The largest absolute Gasteiger partial charge is 0.460 e. The first kappa shape index (κ1) is 23.7. The van der Waals surface area contributed by atoms with E-state index in [1.165, 1.54) is 37.0 Å². The predicted molar refractivity (Wildman–Crippen MR) is 140 cm³/mol. The number of hydrogen-bond acceptors (Lipinski definition) is 10. The molecule has 36 heavy (non-hydrogen) atoms. The first-order valence-corrected chi connectivity index (χ1v) is 14.0. The fraction of sp³-hybridized carbons (Fsp3) is 0.577. The van der Waals surface area contributed by atoms with Crippen LogP contribution in [0, 0.1) is 5.41 Å². The maximum atomic E-state index is 6.14. The van der Waals surface area contributed by atoms with Crippen molar-refractivity contribution in [3.63, 3.8) is 0 Å². The summed E-state index contributed by atoms with van der Waals surface area (Å²) < 4.78 is 6.14. The van der Waals surface area contributed by atoms with Crippen LogP contribution in [0.2, 0.25) is 0 Å². The lowest BCUT2D eigenvalue weighted by Crippen LogP contribution is -2.45. The summed E-state index contributed by atoms with van der Waals surface area (Å²) in [5, 5.41) is 4.03. The van der Waals surface area contributed by atoms with Gasteiger partial charge in [-0.3, -0.25) is 9.88 Å². The van der Waals surface area contributed by atoms with Crippen molar-refractivity contribution in [3.05, 3.63) is 36.5 Å². The van der Waals surface area contributed by atoms with Gasteiger partial charge in [-0.1, -0.05) is 18.3 Å². The summed E-state index contributed by atoms with van der Waals surface area (Å²) in [6.45, 7) is 8.58. The Hall–Kier alpha value is -2.69. The van der Waals surface area contributed by atoms with Crippen molar-refractivity contribution in [1.82, 2.24) is 34.7 Å². The normalized spacial score (nSPS) is 20.5. The molecule has 0 unspecified atom stereocenters. The van der Waals surface area contributed by atoms with Gasteiger partial charge in [0.05, 0.1) is 28.7 Å². The predicted octanol–water partition coefficient (Wildman–Crippen LogP) is 4.37. The Morgan fingerprint density at radius 3 is 2.50 bits per heavy atom. The molecule has 2 aliphatic carbocycles. The van der Waals surface area contributed by atoms with Gasteiger partial charge in [0.25, 0.3) is 0 Å². The molecular formula is C26H34N8OS. The van der Waals surface area contributed by atoms with Crippen LogP contribution in [0.25, 0.3) is 10.6 Å². The van der Waals surface area contributed by atoms with Gasteiger partial charge in [0.15, 0.2) is 10.9 Å². The fourth-order valence-corrected chi connectivity index (χ4v) is 6.03. The Balaban J connectivity index is 1.03. The Labute approximate surface area is 216 Å². The number of aromatic nitrogens is 5. The first-order valence-electron chi connectivity index (χ1n) is 13.1. The second-order valence-corrected chi connectivity index (χ2v) is 11.3. The second-order valence-electron chi connectivity index (χ2n) is 10.3. The molecular weight excluding hydrogens is 472 g/mol. The van der Waals surface area contributed by atoms with Gasteiger partial charge < -0.3 is 15.0 Å². The summed E-state index contributed by atoms with van der Waals surface area (Å²) in [5.41, 5.74) is 2.47. The summed E-state index contributed by atoms with van der Waals surface area (Å²) >= 11 is 1.53. The second kappa shape index (κ2) is 10.4. The number of anilines is 2. The van der Waals surface area contributed by atoms with Crippen molar-refractivity contribution >= 4 is 22.3 Å². The van der Waals surface area contributed by atoms with Crippen LogP contribution < -0.4 is 10.1 Å². The number of piperazine rings is 1. The van der Waals surface area contributed by atoms with Crippen LogP contribution in [0.1, 0.15) is 51.1 Å². The summed E-state index contributed by atoms with van der Waals surface area (Å²) in [5.74, 6) is 0.688. The van der Waals surface area contributed by atoms with E-state index >= 15 is 0 Å². The van der Waals surface area contributed by atoms with E-state index in [2.05, 4.69) is 47.0 Å². The highest BCUT2D eigenvalue weighted by Gasteiger charge is 2.45. The monoisotopic (exact) mass is 506 g/mol. The fourth-order valence-electron chi connectivity index (χ4n) is 5.24. The lowest BCUT2D eigenvalue weighted by atomic mass is 9.85. The van der Waals surface area contributed by atoms with E-state index in [1.807, 2.05) is 18.5 Å². The standard InChI is InChI=1S/C26H34N8OS/c1-2-33-11-13-34(14-12-33)18-19-15-29-23(17-28-19)32-25-30-16-22(36-25)21-5-10-27-24(31-21)35-20-3-6-26(7-4-20)8-9-26/h5,10,15-17,20H,2-4,6-9,11-14,18H2,1H3,(H,29,30,32). The number of thiazole rings is 1. The molecule has 1 N–H and O–H groups in total. The van der Waals surface area contributed by atoms with Gasteiger partial charge in [0.2, 0.25) is 0 Å². The number of nitrogens with one attached hydrogen (secondary N) is 1. The molecule has 3 aromatic rings. The van der Waals surface area contributed by atoms with E-state index in [0.717, 1.165) is 73.5 Å². The third-order valence-electron chi connectivity index (χ3n) is 7.85. The molecule has 0 radical (unpaired) electrons.